The van der Waals surface area contributed by atoms with Crippen LogP contribution in [0.5, 0.6) is 0 Å². The number of hydrogen-bond acceptors (Lipinski definition) is 4. The Labute approximate surface area is 228 Å². The zero-order valence-corrected chi connectivity index (χ0v) is 23.2. The SMILES string of the molecule is CCC(C(=O)NC(C)C)N(Cc1ccc(F)cc1)C(=O)CN(c1ccc(C)cc1)S(=O)(=O)c1ccc(F)cc1. The summed E-state index contributed by atoms with van der Waals surface area (Å²) in [5, 5.41) is 2.82. The second-order valence-corrected chi connectivity index (χ2v) is 11.4. The minimum absolute atomic E-state index is 0.0402. The molecule has 0 aliphatic carbocycles. The lowest BCUT2D eigenvalue weighted by Gasteiger charge is -2.33. The zero-order chi connectivity index (χ0) is 28.7. The second-order valence-electron chi connectivity index (χ2n) is 9.54. The van der Waals surface area contributed by atoms with E-state index in [0.717, 1.165) is 34.1 Å². The molecule has 0 saturated heterocycles. The molecule has 0 aromatic heterocycles. The van der Waals surface area contributed by atoms with Gasteiger partial charge >= 0.3 is 0 Å². The third kappa shape index (κ3) is 7.63. The molecule has 0 heterocycles. The maximum Gasteiger partial charge on any atom is 0.264 e. The molecule has 3 rings (SSSR count). The summed E-state index contributed by atoms with van der Waals surface area (Å²) in [4.78, 5) is 28.1. The molecule has 0 radical (unpaired) electrons. The fourth-order valence-electron chi connectivity index (χ4n) is 4.06. The van der Waals surface area contributed by atoms with Gasteiger partial charge in [-0.15, -0.1) is 0 Å². The highest BCUT2D eigenvalue weighted by molar-refractivity contribution is 7.92. The van der Waals surface area contributed by atoms with Crippen molar-refractivity contribution in [2.75, 3.05) is 10.8 Å². The molecule has 208 valence electrons. The van der Waals surface area contributed by atoms with Crippen LogP contribution in [0.3, 0.4) is 0 Å². The van der Waals surface area contributed by atoms with Gasteiger partial charge in [0.25, 0.3) is 10.0 Å². The summed E-state index contributed by atoms with van der Waals surface area (Å²) in [6, 6.07) is 15.4. The number of amides is 2. The van der Waals surface area contributed by atoms with Crippen molar-refractivity contribution in [1.29, 1.82) is 0 Å². The van der Waals surface area contributed by atoms with Gasteiger partial charge in [0.05, 0.1) is 10.6 Å². The standard InChI is InChI=1S/C29H33F2N3O4S/c1-5-27(29(36)32-20(2)3)33(18-22-8-10-23(30)11-9-22)28(35)19-34(25-14-6-21(4)7-15-25)39(37,38)26-16-12-24(31)13-17-26/h6-17,20,27H,5,18-19H2,1-4H3,(H,32,36). The number of sulfonamides is 1. The Kier molecular flexibility index (Phi) is 9.80. The van der Waals surface area contributed by atoms with E-state index >= 15 is 0 Å². The molecule has 0 aliphatic rings. The molecule has 1 atom stereocenters. The molecule has 3 aromatic carbocycles. The van der Waals surface area contributed by atoms with Gasteiger partial charge in [-0.1, -0.05) is 36.8 Å². The van der Waals surface area contributed by atoms with Crippen LogP contribution < -0.4 is 9.62 Å². The summed E-state index contributed by atoms with van der Waals surface area (Å²) in [6.45, 7) is 6.53. The van der Waals surface area contributed by atoms with Gasteiger partial charge < -0.3 is 10.2 Å². The molecule has 0 spiro atoms. The van der Waals surface area contributed by atoms with Crippen LogP contribution in [0, 0.1) is 18.6 Å². The third-order valence-electron chi connectivity index (χ3n) is 6.09. The average molecular weight is 558 g/mol. The predicted molar refractivity (Wildman–Crippen MR) is 146 cm³/mol. The van der Waals surface area contributed by atoms with Crippen molar-refractivity contribution >= 4 is 27.5 Å². The topological polar surface area (TPSA) is 86.8 Å². The number of aryl methyl sites for hydroxylation is 1. The van der Waals surface area contributed by atoms with Gasteiger partial charge in [0.2, 0.25) is 11.8 Å². The first-order chi connectivity index (χ1) is 18.4. The van der Waals surface area contributed by atoms with E-state index in [1.165, 1.54) is 29.2 Å². The largest absolute Gasteiger partial charge is 0.352 e. The van der Waals surface area contributed by atoms with Crippen LogP contribution in [0.2, 0.25) is 0 Å². The van der Waals surface area contributed by atoms with E-state index in [0.29, 0.717) is 5.56 Å². The average Bonchev–Trinajstić information content (AvgIpc) is 2.88. The first-order valence-electron chi connectivity index (χ1n) is 12.6. The maximum atomic E-state index is 13.9. The number of rotatable bonds is 11. The fourth-order valence-corrected chi connectivity index (χ4v) is 5.47. The van der Waals surface area contributed by atoms with Crippen LogP contribution in [-0.2, 0) is 26.2 Å². The van der Waals surface area contributed by atoms with E-state index in [1.54, 1.807) is 45.0 Å². The highest BCUT2D eigenvalue weighted by Gasteiger charge is 2.33. The molecule has 0 bridgehead atoms. The minimum Gasteiger partial charge on any atom is -0.352 e. The number of nitrogens with zero attached hydrogens (tertiary/aromatic N) is 2. The third-order valence-corrected chi connectivity index (χ3v) is 7.87. The first-order valence-corrected chi connectivity index (χ1v) is 14.1. The summed E-state index contributed by atoms with van der Waals surface area (Å²) in [5.74, 6) is -2.06. The number of carbonyl (C=O) groups excluding carboxylic acids is 2. The monoisotopic (exact) mass is 557 g/mol. The lowest BCUT2D eigenvalue weighted by atomic mass is 10.1. The van der Waals surface area contributed by atoms with Crippen LogP contribution in [0.1, 0.15) is 38.3 Å². The lowest BCUT2D eigenvalue weighted by molar-refractivity contribution is -0.140. The number of halogens is 2. The van der Waals surface area contributed by atoms with Gasteiger partial charge in [-0.05, 0) is 81.3 Å². The summed E-state index contributed by atoms with van der Waals surface area (Å²) >= 11 is 0. The van der Waals surface area contributed by atoms with Crippen LogP contribution >= 0.6 is 0 Å². The first kappa shape index (κ1) is 29.8. The van der Waals surface area contributed by atoms with E-state index in [4.69, 9.17) is 0 Å². The van der Waals surface area contributed by atoms with Crippen molar-refractivity contribution in [3.8, 4) is 0 Å². The van der Waals surface area contributed by atoms with Crippen LogP contribution in [0.25, 0.3) is 0 Å². The van der Waals surface area contributed by atoms with Crippen molar-refractivity contribution in [1.82, 2.24) is 10.2 Å². The van der Waals surface area contributed by atoms with Gasteiger partial charge in [0.15, 0.2) is 0 Å². The highest BCUT2D eigenvalue weighted by Crippen LogP contribution is 2.25. The minimum atomic E-state index is -4.29. The summed E-state index contributed by atoms with van der Waals surface area (Å²) in [5.41, 5.74) is 1.70. The van der Waals surface area contributed by atoms with Crippen molar-refractivity contribution in [3.05, 3.63) is 95.6 Å². The zero-order valence-electron chi connectivity index (χ0n) is 22.4. The number of hydrogen-bond donors (Lipinski definition) is 1. The Morgan fingerprint density at radius 3 is 1.92 bits per heavy atom. The van der Waals surface area contributed by atoms with E-state index in [2.05, 4.69) is 5.32 Å². The Bertz CT molecular complexity index is 1380. The molecule has 3 aromatic rings. The Hall–Kier alpha value is -3.79. The Balaban J connectivity index is 2.05. The Morgan fingerprint density at radius 1 is 0.872 bits per heavy atom. The quantitative estimate of drug-likeness (QED) is 0.367. The molecule has 0 aliphatic heterocycles. The highest BCUT2D eigenvalue weighted by atomic mass is 32.2. The molecule has 7 nitrogen and oxygen atoms in total. The molecule has 10 heteroatoms. The molecular formula is C29H33F2N3O4S. The summed E-state index contributed by atoms with van der Waals surface area (Å²) in [7, 11) is -4.29. The molecule has 0 fully saturated rings. The van der Waals surface area contributed by atoms with Crippen LogP contribution in [0.15, 0.2) is 77.7 Å². The van der Waals surface area contributed by atoms with Gasteiger partial charge in [0.1, 0.15) is 24.2 Å². The summed E-state index contributed by atoms with van der Waals surface area (Å²) in [6.07, 6.45) is 0.265. The van der Waals surface area contributed by atoms with Gasteiger partial charge in [0, 0.05) is 12.6 Å². The number of anilines is 1. The van der Waals surface area contributed by atoms with Crippen molar-refractivity contribution in [2.24, 2.45) is 0 Å². The number of benzene rings is 3. The van der Waals surface area contributed by atoms with Gasteiger partial charge in [-0.2, -0.15) is 0 Å². The van der Waals surface area contributed by atoms with Crippen LogP contribution in [0.4, 0.5) is 14.5 Å². The Morgan fingerprint density at radius 2 is 1.41 bits per heavy atom. The van der Waals surface area contributed by atoms with Gasteiger partial charge in [-0.3, -0.25) is 13.9 Å². The molecular weight excluding hydrogens is 524 g/mol. The molecule has 2 amide bonds. The van der Waals surface area contributed by atoms with Crippen molar-refractivity contribution in [2.45, 2.75) is 57.6 Å². The maximum absolute atomic E-state index is 13.9. The number of nitrogens with one attached hydrogen (secondary N) is 1. The molecule has 1 N–H and O–H groups in total. The van der Waals surface area contributed by atoms with Crippen molar-refractivity contribution in [3.63, 3.8) is 0 Å². The molecule has 39 heavy (non-hydrogen) atoms. The van der Waals surface area contributed by atoms with E-state index in [9.17, 15) is 26.8 Å². The van der Waals surface area contributed by atoms with Crippen molar-refractivity contribution < 1.29 is 26.8 Å². The van der Waals surface area contributed by atoms with Crippen LogP contribution in [-0.4, -0.2) is 43.8 Å². The van der Waals surface area contributed by atoms with E-state index in [-0.39, 0.29) is 35.5 Å². The smallest absolute Gasteiger partial charge is 0.264 e. The van der Waals surface area contributed by atoms with Gasteiger partial charge in [-0.25, -0.2) is 17.2 Å². The fraction of sp³-hybridized carbons (Fsp3) is 0.310. The second kappa shape index (κ2) is 12.8. The lowest BCUT2D eigenvalue weighted by Crippen LogP contribution is -2.53. The molecule has 1 unspecified atom stereocenters. The number of carbonyl (C=O) groups is 2. The summed E-state index contributed by atoms with van der Waals surface area (Å²) < 4.78 is 55.5. The normalized spacial score (nSPS) is 12.2. The van der Waals surface area contributed by atoms with E-state index in [1.807, 2.05) is 6.92 Å². The van der Waals surface area contributed by atoms with E-state index < -0.39 is 40.2 Å². The molecule has 0 saturated carbocycles. The predicted octanol–water partition coefficient (Wildman–Crippen LogP) is 4.80.